The highest BCUT2D eigenvalue weighted by molar-refractivity contribution is 5.93. The highest BCUT2D eigenvalue weighted by Gasteiger charge is 2.37. The Morgan fingerprint density at radius 1 is 1.19 bits per heavy atom. The molecule has 2 fully saturated rings. The molecule has 8 heteroatoms. The van der Waals surface area contributed by atoms with Crippen molar-refractivity contribution < 1.29 is 19.5 Å². The van der Waals surface area contributed by atoms with Gasteiger partial charge < -0.3 is 20.2 Å². The minimum Gasteiger partial charge on any atom is -0.391 e. The molecule has 176 valence electrons. The number of nitrogens with one attached hydrogen (secondary N) is 1. The molecule has 0 saturated carbocycles. The maximum absolute atomic E-state index is 13.2. The van der Waals surface area contributed by atoms with Crippen molar-refractivity contribution in [3.8, 4) is 0 Å². The molecule has 0 bridgehead atoms. The van der Waals surface area contributed by atoms with Crippen LogP contribution in [0.1, 0.15) is 53.4 Å². The standard InChI is InChI=1S/C23H40N4O4/c1-16(21(30)27-14-11-17(28)15-27)10-13-26(6)22(31)19(23(2,3)4)24-20(29)18-9-7-8-12-25(18)5/h10,17-19,28H,7-9,11-15H2,1-6H3,(H,24,29)/b16-10+. The van der Waals surface area contributed by atoms with E-state index in [1.807, 2.05) is 27.8 Å². The first-order valence-electron chi connectivity index (χ1n) is 11.3. The lowest BCUT2D eigenvalue weighted by Gasteiger charge is -2.37. The van der Waals surface area contributed by atoms with Crippen LogP contribution < -0.4 is 5.32 Å². The molecule has 0 aromatic rings. The summed E-state index contributed by atoms with van der Waals surface area (Å²) in [7, 11) is 3.64. The van der Waals surface area contributed by atoms with Crippen LogP contribution in [0.5, 0.6) is 0 Å². The molecule has 0 aliphatic carbocycles. The zero-order chi connectivity index (χ0) is 23.3. The van der Waals surface area contributed by atoms with E-state index in [1.165, 1.54) is 0 Å². The number of hydrogen-bond acceptors (Lipinski definition) is 5. The van der Waals surface area contributed by atoms with E-state index in [-0.39, 0.29) is 30.3 Å². The van der Waals surface area contributed by atoms with E-state index in [4.69, 9.17) is 0 Å². The molecule has 3 unspecified atom stereocenters. The minimum absolute atomic E-state index is 0.0987. The van der Waals surface area contributed by atoms with Gasteiger partial charge in [0, 0.05) is 32.3 Å². The third-order valence-electron chi connectivity index (χ3n) is 6.31. The molecule has 0 radical (unpaired) electrons. The molecule has 2 heterocycles. The maximum Gasteiger partial charge on any atom is 0.249 e. The topological polar surface area (TPSA) is 93.2 Å². The lowest BCUT2D eigenvalue weighted by molar-refractivity contribution is -0.139. The summed E-state index contributed by atoms with van der Waals surface area (Å²) < 4.78 is 0. The number of rotatable bonds is 6. The fraction of sp³-hybridized carbons (Fsp3) is 0.783. The van der Waals surface area contributed by atoms with Gasteiger partial charge in [0.1, 0.15) is 6.04 Å². The SMILES string of the molecule is C/C(=C\CN(C)C(=O)C(NC(=O)C1CCCCN1C)C(C)(C)C)C(=O)N1CCC(O)C1. The van der Waals surface area contributed by atoms with Crippen LogP contribution in [-0.2, 0) is 14.4 Å². The second kappa shape index (κ2) is 10.6. The van der Waals surface area contributed by atoms with Crippen LogP contribution in [0.25, 0.3) is 0 Å². The molecule has 0 aromatic heterocycles. The van der Waals surface area contributed by atoms with Crippen molar-refractivity contribution in [3.05, 3.63) is 11.6 Å². The first kappa shape index (κ1) is 25.3. The van der Waals surface area contributed by atoms with E-state index in [1.54, 1.807) is 29.8 Å². The van der Waals surface area contributed by atoms with Crippen LogP contribution in [0.2, 0.25) is 0 Å². The number of piperidine rings is 1. The fourth-order valence-corrected chi connectivity index (χ4v) is 4.14. The third kappa shape index (κ3) is 6.77. The van der Waals surface area contributed by atoms with Gasteiger partial charge in [-0.05, 0) is 45.2 Å². The molecule has 31 heavy (non-hydrogen) atoms. The molecule has 3 atom stereocenters. The van der Waals surface area contributed by atoms with Crippen LogP contribution in [-0.4, -0.2) is 96.0 Å². The number of carbonyl (C=O) groups is 3. The van der Waals surface area contributed by atoms with Crippen molar-refractivity contribution in [1.29, 1.82) is 0 Å². The first-order chi connectivity index (χ1) is 14.4. The summed E-state index contributed by atoms with van der Waals surface area (Å²) in [5.41, 5.74) is 0.100. The van der Waals surface area contributed by atoms with Crippen molar-refractivity contribution in [1.82, 2.24) is 20.0 Å². The van der Waals surface area contributed by atoms with Gasteiger partial charge in [-0.15, -0.1) is 0 Å². The Morgan fingerprint density at radius 2 is 1.87 bits per heavy atom. The second-order valence-corrected chi connectivity index (χ2v) is 10.1. The molecule has 2 aliphatic heterocycles. The fourth-order valence-electron chi connectivity index (χ4n) is 4.14. The van der Waals surface area contributed by atoms with Gasteiger partial charge in [-0.3, -0.25) is 19.3 Å². The van der Waals surface area contributed by atoms with Gasteiger partial charge in [-0.2, -0.15) is 0 Å². The molecule has 2 aliphatic rings. The Morgan fingerprint density at radius 3 is 2.42 bits per heavy atom. The Labute approximate surface area is 186 Å². The number of nitrogens with zero attached hydrogens (tertiary/aromatic N) is 3. The maximum atomic E-state index is 13.2. The van der Waals surface area contributed by atoms with Gasteiger partial charge >= 0.3 is 0 Å². The van der Waals surface area contributed by atoms with Gasteiger partial charge in [0.05, 0.1) is 12.1 Å². The molecular formula is C23H40N4O4. The lowest BCUT2D eigenvalue weighted by Crippen LogP contribution is -2.58. The van der Waals surface area contributed by atoms with E-state index in [0.717, 1.165) is 25.8 Å². The van der Waals surface area contributed by atoms with E-state index in [2.05, 4.69) is 10.2 Å². The normalized spacial score (nSPS) is 24.1. The van der Waals surface area contributed by atoms with Crippen LogP contribution in [0.4, 0.5) is 0 Å². The molecule has 0 aromatic carbocycles. The Bertz CT molecular complexity index is 700. The van der Waals surface area contributed by atoms with Gasteiger partial charge in [0.25, 0.3) is 0 Å². The average Bonchev–Trinajstić information content (AvgIpc) is 3.14. The Kier molecular flexibility index (Phi) is 8.65. The molecule has 3 amide bonds. The molecule has 0 spiro atoms. The molecule has 2 saturated heterocycles. The first-order valence-corrected chi connectivity index (χ1v) is 11.3. The zero-order valence-electron chi connectivity index (χ0n) is 20.0. The summed E-state index contributed by atoms with van der Waals surface area (Å²) in [4.78, 5) is 43.9. The van der Waals surface area contributed by atoms with E-state index >= 15 is 0 Å². The molecule has 2 N–H and O–H groups in total. The van der Waals surface area contributed by atoms with Gasteiger partial charge in [0.2, 0.25) is 17.7 Å². The number of β-amino-alcohol motifs (C(OH)–C–C–N with tert-alkyl or cyclic N) is 1. The van der Waals surface area contributed by atoms with Crippen molar-refractivity contribution in [3.63, 3.8) is 0 Å². The van der Waals surface area contributed by atoms with Crippen molar-refractivity contribution in [2.24, 2.45) is 5.41 Å². The van der Waals surface area contributed by atoms with E-state index in [9.17, 15) is 19.5 Å². The number of aliphatic hydroxyl groups is 1. The van der Waals surface area contributed by atoms with Crippen LogP contribution in [0, 0.1) is 5.41 Å². The summed E-state index contributed by atoms with van der Waals surface area (Å²) in [5.74, 6) is -0.385. The van der Waals surface area contributed by atoms with Gasteiger partial charge in [0.15, 0.2) is 0 Å². The number of likely N-dealkylation sites (N-methyl/N-ethyl adjacent to an activating group) is 2. The van der Waals surface area contributed by atoms with Gasteiger partial charge in [-0.25, -0.2) is 0 Å². The summed E-state index contributed by atoms with van der Waals surface area (Å²) in [5, 5.41) is 12.6. The summed E-state index contributed by atoms with van der Waals surface area (Å²) >= 11 is 0. The molecular weight excluding hydrogens is 396 g/mol. The minimum atomic E-state index is -0.654. The summed E-state index contributed by atoms with van der Waals surface area (Å²) in [6.45, 7) is 9.62. The van der Waals surface area contributed by atoms with Crippen molar-refractivity contribution in [2.45, 2.75) is 71.6 Å². The molecule has 2 rings (SSSR count). The quantitative estimate of drug-likeness (QED) is 0.606. The largest absolute Gasteiger partial charge is 0.391 e. The smallest absolute Gasteiger partial charge is 0.249 e. The van der Waals surface area contributed by atoms with Gasteiger partial charge in [-0.1, -0.05) is 33.3 Å². The second-order valence-electron chi connectivity index (χ2n) is 10.1. The summed E-state index contributed by atoms with van der Waals surface area (Å²) in [6, 6.07) is -0.856. The van der Waals surface area contributed by atoms with Crippen molar-refractivity contribution >= 4 is 17.7 Å². The third-order valence-corrected chi connectivity index (χ3v) is 6.31. The highest BCUT2D eigenvalue weighted by Crippen LogP contribution is 2.23. The lowest BCUT2D eigenvalue weighted by atomic mass is 9.85. The highest BCUT2D eigenvalue weighted by atomic mass is 16.3. The number of likely N-dealkylation sites (tertiary alicyclic amines) is 2. The summed E-state index contributed by atoms with van der Waals surface area (Å²) in [6.07, 6.45) is 4.79. The Balaban J connectivity index is 2.01. The van der Waals surface area contributed by atoms with Crippen molar-refractivity contribution in [2.75, 3.05) is 40.3 Å². The number of amides is 3. The van der Waals surface area contributed by atoms with Crippen LogP contribution >= 0.6 is 0 Å². The predicted octanol–water partition coefficient (Wildman–Crippen LogP) is 1.000. The number of aliphatic hydroxyl groups excluding tert-OH is 1. The predicted molar refractivity (Wildman–Crippen MR) is 120 cm³/mol. The monoisotopic (exact) mass is 436 g/mol. The number of hydrogen-bond donors (Lipinski definition) is 2. The average molecular weight is 437 g/mol. The van der Waals surface area contributed by atoms with Crippen LogP contribution in [0.3, 0.4) is 0 Å². The van der Waals surface area contributed by atoms with E-state index in [0.29, 0.717) is 25.1 Å². The Hall–Kier alpha value is -1.93. The zero-order valence-corrected chi connectivity index (χ0v) is 20.0. The number of carbonyl (C=O) groups excluding carboxylic acids is 3. The van der Waals surface area contributed by atoms with Crippen LogP contribution in [0.15, 0.2) is 11.6 Å². The van der Waals surface area contributed by atoms with E-state index < -0.39 is 17.6 Å². The molecule has 8 nitrogen and oxygen atoms in total.